The summed E-state index contributed by atoms with van der Waals surface area (Å²) < 4.78 is 0.819. The van der Waals surface area contributed by atoms with Crippen molar-refractivity contribution >= 4 is 34.7 Å². The summed E-state index contributed by atoms with van der Waals surface area (Å²) in [5.74, 6) is 0. The lowest BCUT2D eigenvalue weighted by atomic mass is 10.2. The Kier molecular flexibility index (Phi) is 4.51. The van der Waals surface area contributed by atoms with Gasteiger partial charge in [-0.15, -0.1) is 23.1 Å². The van der Waals surface area contributed by atoms with Gasteiger partial charge in [0.25, 0.3) is 0 Å². The van der Waals surface area contributed by atoms with Crippen LogP contribution in [0, 0.1) is 0 Å². The van der Waals surface area contributed by atoms with Gasteiger partial charge in [-0.05, 0) is 31.2 Å². The molecule has 0 saturated heterocycles. The van der Waals surface area contributed by atoms with Crippen molar-refractivity contribution in [2.75, 3.05) is 0 Å². The molecule has 2 rings (SSSR count). The molecule has 1 heterocycles. The molecule has 0 aliphatic heterocycles. The first-order chi connectivity index (χ1) is 8.16. The number of thioether (sulfide) groups is 1. The molecule has 2 N–H and O–H groups in total. The van der Waals surface area contributed by atoms with Crippen molar-refractivity contribution in [3.63, 3.8) is 0 Å². The summed E-state index contributed by atoms with van der Waals surface area (Å²) in [5.41, 5.74) is 6.07. The van der Waals surface area contributed by atoms with Crippen LogP contribution in [-0.4, -0.2) is 6.04 Å². The molecule has 2 unspecified atom stereocenters. The number of thiophene rings is 1. The van der Waals surface area contributed by atoms with Crippen LogP contribution < -0.4 is 5.73 Å². The molecule has 1 aromatic carbocycles. The van der Waals surface area contributed by atoms with Crippen molar-refractivity contribution in [1.29, 1.82) is 0 Å². The van der Waals surface area contributed by atoms with Crippen LogP contribution in [-0.2, 0) is 0 Å². The zero-order chi connectivity index (χ0) is 12.3. The standard InChI is InChI=1S/C13H14ClNS2/c1-9(15)13(11-7-8-12(14)17-11)16-10-5-3-2-4-6-10/h2-9,13H,15H2,1H3. The van der Waals surface area contributed by atoms with Crippen molar-refractivity contribution in [1.82, 2.24) is 0 Å². The van der Waals surface area contributed by atoms with E-state index in [0.717, 1.165) is 4.34 Å². The summed E-state index contributed by atoms with van der Waals surface area (Å²) in [6.07, 6.45) is 0. The molecule has 0 fully saturated rings. The van der Waals surface area contributed by atoms with Gasteiger partial charge in [0.15, 0.2) is 0 Å². The lowest BCUT2D eigenvalue weighted by Gasteiger charge is -2.18. The number of rotatable bonds is 4. The van der Waals surface area contributed by atoms with E-state index in [0.29, 0.717) is 0 Å². The fraction of sp³-hybridized carbons (Fsp3) is 0.231. The van der Waals surface area contributed by atoms with Gasteiger partial charge in [0, 0.05) is 15.8 Å². The van der Waals surface area contributed by atoms with Gasteiger partial charge in [-0.25, -0.2) is 0 Å². The SMILES string of the molecule is CC(N)C(Sc1ccccc1)c1ccc(Cl)s1. The summed E-state index contributed by atoms with van der Waals surface area (Å²) in [4.78, 5) is 2.47. The second kappa shape index (κ2) is 5.91. The van der Waals surface area contributed by atoms with Crippen LogP contribution >= 0.6 is 34.7 Å². The summed E-state index contributed by atoms with van der Waals surface area (Å²) in [7, 11) is 0. The van der Waals surface area contributed by atoms with Gasteiger partial charge in [-0.3, -0.25) is 0 Å². The summed E-state index contributed by atoms with van der Waals surface area (Å²) in [6.45, 7) is 2.04. The summed E-state index contributed by atoms with van der Waals surface area (Å²) in [5, 5.41) is 0.259. The highest BCUT2D eigenvalue weighted by Gasteiger charge is 2.19. The van der Waals surface area contributed by atoms with E-state index < -0.39 is 0 Å². The van der Waals surface area contributed by atoms with Crippen molar-refractivity contribution in [2.24, 2.45) is 5.73 Å². The third-order valence-corrected chi connectivity index (χ3v) is 5.30. The first-order valence-corrected chi connectivity index (χ1v) is 7.47. The maximum Gasteiger partial charge on any atom is 0.0931 e. The Morgan fingerprint density at radius 1 is 1.18 bits per heavy atom. The Morgan fingerprint density at radius 3 is 2.41 bits per heavy atom. The predicted octanol–water partition coefficient (Wildman–Crippen LogP) is 4.58. The van der Waals surface area contributed by atoms with E-state index >= 15 is 0 Å². The van der Waals surface area contributed by atoms with Crippen LogP contribution in [0.5, 0.6) is 0 Å². The fourth-order valence-electron chi connectivity index (χ4n) is 1.55. The van der Waals surface area contributed by atoms with E-state index in [1.54, 1.807) is 23.1 Å². The molecule has 90 valence electrons. The number of nitrogens with two attached hydrogens (primary N) is 1. The minimum Gasteiger partial charge on any atom is -0.327 e. The van der Waals surface area contributed by atoms with Gasteiger partial charge in [0.1, 0.15) is 0 Å². The van der Waals surface area contributed by atoms with Crippen LogP contribution in [0.25, 0.3) is 0 Å². The Hall–Kier alpha value is -0.480. The topological polar surface area (TPSA) is 26.0 Å². The maximum atomic E-state index is 6.07. The highest BCUT2D eigenvalue weighted by molar-refractivity contribution is 7.99. The normalized spacial score (nSPS) is 14.5. The summed E-state index contributed by atoms with van der Waals surface area (Å²) in [6, 6.07) is 14.4. The molecule has 1 aromatic heterocycles. The molecule has 4 heteroatoms. The number of benzene rings is 1. The number of hydrogen-bond donors (Lipinski definition) is 1. The molecule has 2 atom stereocenters. The van der Waals surface area contributed by atoms with E-state index in [9.17, 15) is 0 Å². The zero-order valence-corrected chi connectivity index (χ0v) is 11.9. The zero-order valence-electron chi connectivity index (χ0n) is 9.47. The Bertz CT molecular complexity index is 467. The van der Waals surface area contributed by atoms with E-state index in [2.05, 4.69) is 18.2 Å². The van der Waals surface area contributed by atoms with E-state index in [1.165, 1.54) is 9.77 Å². The van der Waals surface area contributed by atoms with E-state index in [-0.39, 0.29) is 11.3 Å². The van der Waals surface area contributed by atoms with Crippen molar-refractivity contribution < 1.29 is 0 Å². The molecule has 0 bridgehead atoms. The molecule has 0 saturated carbocycles. The van der Waals surface area contributed by atoms with Crippen LogP contribution in [0.3, 0.4) is 0 Å². The van der Waals surface area contributed by atoms with Gasteiger partial charge < -0.3 is 5.73 Å². The third kappa shape index (κ3) is 3.49. The monoisotopic (exact) mass is 283 g/mol. The Balaban J connectivity index is 2.19. The first-order valence-electron chi connectivity index (χ1n) is 5.39. The van der Waals surface area contributed by atoms with Crippen LogP contribution in [0.4, 0.5) is 0 Å². The molecule has 1 nitrogen and oxygen atoms in total. The highest BCUT2D eigenvalue weighted by Crippen LogP contribution is 2.40. The van der Waals surface area contributed by atoms with Crippen LogP contribution in [0.1, 0.15) is 17.1 Å². The maximum absolute atomic E-state index is 6.07. The molecule has 0 amide bonds. The molecule has 17 heavy (non-hydrogen) atoms. The highest BCUT2D eigenvalue weighted by atomic mass is 35.5. The van der Waals surface area contributed by atoms with Gasteiger partial charge in [0.2, 0.25) is 0 Å². The minimum atomic E-state index is 0.0925. The van der Waals surface area contributed by atoms with Crippen molar-refractivity contribution in [2.45, 2.75) is 23.1 Å². The lowest BCUT2D eigenvalue weighted by Crippen LogP contribution is -2.21. The van der Waals surface area contributed by atoms with Crippen molar-refractivity contribution in [3.05, 3.63) is 51.7 Å². The van der Waals surface area contributed by atoms with Crippen molar-refractivity contribution in [3.8, 4) is 0 Å². The summed E-state index contributed by atoms with van der Waals surface area (Å²) >= 11 is 9.38. The Labute approximate surface area is 115 Å². The molecular weight excluding hydrogens is 270 g/mol. The molecular formula is C13H14ClNS2. The first kappa shape index (κ1) is 13.0. The largest absolute Gasteiger partial charge is 0.327 e. The minimum absolute atomic E-state index is 0.0925. The molecule has 2 aromatic rings. The average Bonchev–Trinajstić information content (AvgIpc) is 2.73. The van der Waals surface area contributed by atoms with Crippen LogP contribution in [0.2, 0.25) is 4.34 Å². The van der Waals surface area contributed by atoms with E-state index in [1.807, 2.05) is 31.2 Å². The number of hydrogen-bond acceptors (Lipinski definition) is 3. The molecule has 0 aliphatic rings. The van der Waals surface area contributed by atoms with Gasteiger partial charge >= 0.3 is 0 Å². The lowest BCUT2D eigenvalue weighted by molar-refractivity contribution is 0.730. The Morgan fingerprint density at radius 2 is 1.88 bits per heavy atom. The number of halogens is 1. The van der Waals surface area contributed by atoms with Crippen LogP contribution in [0.15, 0.2) is 47.4 Å². The second-order valence-electron chi connectivity index (χ2n) is 3.85. The third-order valence-electron chi connectivity index (χ3n) is 2.36. The van der Waals surface area contributed by atoms with E-state index in [4.69, 9.17) is 17.3 Å². The average molecular weight is 284 g/mol. The molecule has 0 aliphatic carbocycles. The van der Waals surface area contributed by atoms with Gasteiger partial charge in [0.05, 0.1) is 9.59 Å². The fourth-order valence-corrected chi connectivity index (χ4v) is 4.02. The quantitative estimate of drug-likeness (QED) is 0.831. The second-order valence-corrected chi connectivity index (χ2v) is 6.81. The predicted molar refractivity (Wildman–Crippen MR) is 78.0 cm³/mol. The van der Waals surface area contributed by atoms with Gasteiger partial charge in [-0.2, -0.15) is 0 Å². The smallest absolute Gasteiger partial charge is 0.0931 e. The van der Waals surface area contributed by atoms with Gasteiger partial charge in [-0.1, -0.05) is 29.8 Å². The molecule has 0 spiro atoms. The molecule has 0 radical (unpaired) electrons.